The van der Waals surface area contributed by atoms with E-state index in [2.05, 4.69) is 10.8 Å². The van der Waals surface area contributed by atoms with Crippen LogP contribution < -0.4 is 4.72 Å². The van der Waals surface area contributed by atoms with E-state index in [4.69, 9.17) is 5.11 Å². The normalized spacial score (nSPS) is 11.6. The molecular weight excluding hydrogens is 204 g/mol. The van der Waals surface area contributed by atoms with Crippen molar-refractivity contribution in [3.05, 3.63) is 24.3 Å². The first kappa shape index (κ1) is 10.8. The standard InChI is InChI=1S/C8H11N2O3S/c1-10(2)14(12,13)9-7-3-5-8(11)6-4-7/h3-5,9,11H,1-2H3. The first-order chi connectivity index (χ1) is 6.42. The van der Waals surface area contributed by atoms with Crippen molar-refractivity contribution < 1.29 is 13.5 Å². The molecule has 0 heterocycles. The Morgan fingerprint density at radius 2 is 2.07 bits per heavy atom. The van der Waals surface area contributed by atoms with Crippen LogP contribution in [0.1, 0.15) is 0 Å². The van der Waals surface area contributed by atoms with Crippen LogP contribution in [-0.2, 0) is 10.2 Å². The Labute approximate surface area is 83.2 Å². The fourth-order valence-corrected chi connectivity index (χ4v) is 1.33. The van der Waals surface area contributed by atoms with Gasteiger partial charge in [-0.05, 0) is 18.2 Å². The van der Waals surface area contributed by atoms with Gasteiger partial charge < -0.3 is 5.11 Å². The Morgan fingerprint density at radius 3 is 2.50 bits per heavy atom. The van der Waals surface area contributed by atoms with Gasteiger partial charge >= 0.3 is 10.2 Å². The first-order valence-electron chi connectivity index (χ1n) is 3.83. The van der Waals surface area contributed by atoms with Crippen molar-refractivity contribution in [1.29, 1.82) is 0 Å². The third-order valence-corrected chi connectivity index (χ3v) is 2.98. The van der Waals surface area contributed by atoms with Gasteiger partial charge in [0.25, 0.3) is 0 Å². The van der Waals surface area contributed by atoms with Gasteiger partial charge in [-0.25, -0.2) is 0 Å². The molecule has 0 aliphatic heterocycles. The van der Waals surface area contributed by atoms with Crippen LogP contribution in [0, 0.1) is 6.07 Å². The van der Waals surface area contributed by atoms with Crippen LogP contribution in [0.2, 0.25) is 0 Å². The van der Waals surface area contributed by atoms with Crippen LogP contribution in [0.3, 0.4) is 0 Å². The molecule has 0 amide bonds. The average Bonchev–Trinajstić information content (AvgIpc) is 2.08. The summed E-state index contributed by atoms with van der Waals surface area (Å²) in [6.07, 6.45) is 0. The number of phenolic OH excluding ortho intramolecular Hbond substituents is 1. The second-order valence-corrected chi connectivity index (χ2v) is 4.74. The molecule has 77 valence electrons. The Balaban J connectivity index is 2.85. The van der Waals surface area contributed by atoms with Crippen LogP contribution in [0.15, 0.2) is 18.2 Å². The number of hydrogen-bond acceptors (Lipinski definition) is 3. The van der Waals surface area contributed by atoms with Crippen molar-refractivity contribution in [3.63, 3.8) is 0 Å². The Bertz CT molecular complexity index is 397. The molecule has 14 heavy (non-hydrogen) atoms. The highest BCUT2D eigenvalue weighted by atomic mass is 32.2. The molecule has 0 saturated heterocycles. The topological polar surface area (TPSA) is 69.6 Å². The molecule has 0 fully saturated rings. The molecule has 1 rings (SSSR count). The van der Waals surface area contributed by atoms with Gasteiger partial charge in [0, 0.05) is 20.2 Å². The van der Waals surface area contributed by atoms with Crippen LogP contribution in [0.5, 0.6) is 5.75 Å². The van der Waals surface area contributed by atoms with E-state index in [1.807, 2.05) is 0 Å². The number of hydrogen-bond donors (Lipinski definition) is 2. The summed E-state index contributed by atoms with van der Waals surface area (Å²) in [5, 5.41) is 8.92. The summed E-state index contributed by atoms with van der Waals surface area (Å²) >= 11 is 0. The van der Waals surface area contributed by atoms with Crippen molar-refractivity contribution in [1.82, 2.24) is 4.31 Å². The molecule has 1 radical (unpaired) electrons. The van der Waals surface area contributed by atoms with E-state index in [0.29, 0.717) is 5.69 Å². The van der Waals surface area contributed by atoms with Crippen molar-refractivity contribution in [3.8, 4) is 5.75 Å². The number of rotatable bonds is 3. The van der Waals surface area contributed by atoms with E-state index in [0.717, 1.165) is 4.31 Å². The molecule has 0 unspecified atom stereocenters. The van der Waals surface area contributed by atoms with Crippen molar-refractivity contribution in [2.75, 3.05) is 18.8 Å². The second kappa shape index (κ2) is 3.85. The third-order valence-electron chi connectivity index (χ3n) is 1.52. The van der Waals surface area contributed by atoms with E-state index in [1.165, 1.54) is 32.3 Å². The highest BCUT2D eigenvalue weighted by Crippen LogP contribution is 2.14. The predicted octanol–water partition coefficient (Wildman–Crippen LogP) is 0.411. The van der Waals surface area contributed by atoms with Gasteiger partial charge in [0.15, 0.2) is 0 Å². The highest BCUT2D eigenvalue weighted by Gasteiger charge is 2.12. The summed E-state index contributed by atoms with van der Waals surface area (Å²) in [4.78, 5) is 0. The summed E-state index contributed by atoms with van der Waals surface area (Å²) in [5.41, 5.74) is 0.358. The van der Waals surface area contributed by atoms with Gasteiger partial charge in [-0.2, -0.15) is 12.7 Å². The molecular formula is C8H11N2O3S. The Hall–Kier alpha value is -1.27. The molecule has 0 bridgehead atoms. The Kier molecular flexibility index (Phi) is 2.97. The zero-order chi connectivity index (χ0) is 10.8. The van der Waals surface area contributed by atoms with Gasteiger partial charge in [-0.3, -0.25) is 4.72 Å². The lowest BCUT2D eigenvalue weighted by Crippen LogP contribution is -2.28. The van der Waals surface area contributed by atoms with E-state index in [9.17, 15) is 8.42 Å². The van der Waals surface area contributed by atoms with Gasteiger partial charge in [-0.1, -0.05) is 0 Å². The maximum absolute atomic E-state index is 11.3. The van der Waals surface area contributed by atoms with E-state index >= 15 is 0 Å². The molecule has 0 aliphatic carbocycles. The quantitative estimate of drug-likeness (QED) is 0.717. The zero-order valence-electron chi connectivity index (χ0n) is 7.85. The molecule has 2 N–H and O–H groups in total. The molecule has 0 saturated carbocycles. The lowest BCUT2D eigenvalue weighted by molar-refractivity contribution is 0.474. The molecule has 0 spiro atoms. The van der Waals surface area contributed by atoms with Gasteiger partial charge in [0.2, 0.25) is 0 Å². The predicted molar refractivity (Wildman–Crippen MR) is 53.2 cm³/mol. The maximum Gasteiger partial charge on any atom is 0.301 e. The fraction of sp³-hybridized carbons (Fsp3) is 0.250. The van der Waals surface area contributed by atoms with E-state index < -0.39 is 10.2 Å². The largest absolute Gasteiger partial charge is 0.507 e. The number of anilines is 1. The molecule has 1 aromatic carbocycles. The van der Waals surface area contributed by atoms with Crippen molar-refractivity contribution in [2.45, 2.75) is 0 Å². The van der Waals surface area contributed by atoms with Crippen molar-refractivity contribution >= 4 is 15.9 Å². The minimum atomic E-state index is -3.48. The summed E-state index contributed by atoms with van der Waals surface area (Å²) in [6, 6.07) is 6.63. The molecule has 0 aromatic heterocycles. The number of aromatic hydroxyl groups is 1. The number of nitrogens with one attached hydrogen (secondary N) is 1. The van der Waals surface area contributed by atoms with E-state index in [-0.39, 0.29) is 5.75 Å². The third kappa shape index (κ3) is 2.61. The number of benzene rings is 1. The molecule has 1 aromatic rings. The lowest BCUT2D eigenvalue weighted by Gasteiger charge is -2.12. The molecule has 5 nitrogen and oxygen atoms in total. The number of phenols is 1. The maximum atomic E-state index is 11.3. The summed E-state index contributed by atoms with van der Waals surface area (Å²) < 4.78 is 26.0. The highest BCUT2D eigenvalue weighted by molar-refractivity contribution is 7.90. The minimum Gasteiger partial charge on any atom is -0.507 e. The van der Waals surface area contributed by atoms with Gasteiger partial charge in [0.05, 0.1) is 5.69 Å². The van der Waals surface area contributed by atoms with Gasteiger partial charge in [-0.15, -0.1) is 0 Å². The zero-order valence-corrected chi connectivity index (χ0v) is 8.67. The monoisotopic (exact) mass is 215 g/mol. The SMILES string of the molecule is CN(C)S(=O)(=O)Nc1c[c]c(O)cc1. The molecule has 6 heteroatoms. The van der Waals surface area contributed by atoms with E-state index in [1.54, 1.807) is 0 Å². The van der Waals surface area contributed by atoms with Gasteiger partial charge in [0.1, 0.15) is 5.75 Å². The summed E-state index contributed by atoms with van der Waals surface area (Å²) in [7, 11) is -0.636. The number of nitrogens with zero attached hydrogens (tertiary/aromatic N) is 1. The molecule has 0 aliphatic rings. The first-order valence-corrected chi connectivity index (χ1v) is 5.27. The Morgan fingerprint density at radius 1 is 1.43 bits per heavy atom. The summed E-state index contributed by atoms with van der Waals surface area (Å²) in [5.74, 6) is -0.0298. The van der Waals surface area contributed by atoms with Crippen LogP contribution in [-0.4, -0.2) is 31.9 Å². The van der Waals surface area contributed by atoms with Crippen LogP contribution in [0.25, 0.3) is 0 Å². The minimum absolute atomic E-state index is 0.0298. The van der Waals surface area contributed by atoms with Crippen LogP contribution >= 0.6 is 0 Å². The van der Waals surface area contributed by atoms with Crippen molar-refractivity contribution in [2.24, 2.45) is 0 Å². The average molecular weight is 215 g/mol. The molecule has 0 atom stereocenters. The second-order valence-electron chi connectivity index (χ2n) is 2.85. The summed E-state index contributed by atoms with van der Waals surface area (Å²) in [6.45, 7) is 0. The lowest BCUT2D eigenvalue weighted by atomic mass is 10.3. The fourth-order valence-electron chi connectivity index (χ4n) is 0.720. The smallest absolute Gasteiger partial charge is 0.301 e. The van der Waals surface area contributed by atoms with Crippen LogP contribution in [0.4, 0.5) is 5.69 Å².